The van der Waals surface area contributed by atoms with E-state index in [4.69, 9.17) is 9.97 Å². The molecule has 6 aromatic rings. The van der Waals surface area contributed by atoms with Crippen molar-refractivity contribution < 1.29 is 0 Å². The molecule has 0 spiro atoms. The highest BCUT2D eigenvalue weighted by molar-refractivity contribution is 5.93. The Hall–Kier alpha value is -4.51. The van der Waals surface area contributed by atoms with E-state index in [-0.39, 0.29) is 0 Å². The molecule has 0 aliphatic rings. The molecular formula is C27H19N5. The van der Waals surface area contributed by atoms with E-state index in [1.54, 1.807) is 0 Å². The third-order valence-electron chi connectivity index (χ3n) is 5.56. The highest BCUT2D eigenvalue weighted by Crippen LogP contribution is 2.29. The third kappa shape index (κ3) is 3.36. The Morgan fingerprint density at radius 1 is 0.656 bits per heavy atom. The number of anilines is 2. The fourth-order valence-corrected chi connectivity index (χ4v) is 3.90. The molecule has 2 heterocycles. The molecule has 0 radical (unpaired) electrons. The third-order valence-corrected chi connectivity index (χ3v) is 5.56. The second-order valence-electron chi connectivity index (χ2n) is 7.65. The molecule has 0 unspecified atom stereocenters. The number of nitrogens with one attached hydrogen (secondary N) is 2. The fourth-order valence-electron chi connectivity index (χ4n) is 3.90. The number of fused-ring (bicyclic) bond motifs is 2. The van der Waals surface area contributed by atoms with Gasteiger partial charge in [-0.15, -0.1) is 0 Å². The predicted molar refractivity (Wildman–Crippen MR) is 130 cm³/mol. The van der Waals surface area contributed by atoms with Crippen molar-refractivity contribution in [1.82, 2.24) is 20.2 Å². The van der Waals surface area contributed by atoms with Gasteiger partial charge in [-0.1, -0.05) is 66.7 Å². The molecule has 5 heteroatoms. The molecule has 6 rings (SSSR count). The highest BCUT2D eigenvalue weighted by Gasteiger charge is 2.11. The first-order valence-corrected chi connectivity index (χ1v) is 10.5. The van der Waals surface area contributed by atoms with E-state index in [1.807, 2.05) is 48.7 Å². The maximum atomic E-state index is 4.89. The van der Waals surface area contributed by atoms with E-state index >= 15 is 0 Å². The Morgan fingerprint density at radius 3 is 2.28 bits per heavy atom. The quantitative estimate of drug-likeness (QED) is 0.342. The van der Waals surface area contributed by atoms with Gasteiger partial charge in [0.15, 0.2) is 5.82 Å². The largest absolute Gasteiger partial charge is 0.340 e. The van der Waals surface area contributed by atoms with Crippen LogP contribution in [-0.4, -0.2) is 20.2 Å². The van der Waals surface area contributed by atoms with Crippen molar-refractivity contribution in [3.8, 4) is 22.5 Å². The fraction of sp³-hybridized carbons (Fsp3) is 0. The molecule has 0 saturated carbocycles. The van der Waals surface area contributed by atoms with Crippen molar-refractivity contribution in [2.24, 2.45) is 0 Å². The number of nitrogens with zero attached hydrogens (tertiary/aromatic N) is 3. The van der Waals surface area contributed by atoms with Crippen LogP contribution >= 0.6 is 0 Å². The molecular weight excluding hydrogens is 394 g/mol. The Balaban J connectivity index is 1.41. The molecule has 0 atom stereocenters. The smallest absolute Gasteiger partial charge is 0.162 e. The number of aromatic amines is 1. The number of rotatable bonds is 4. The summed E-state index contributed by atoms with van der Waals surface area (Å²) < 4.78 is 0. The van der Waals surface area contributed by atoms with E-state index in [1.165, 1.54) is 11.1 Å². The first-order valence-electron chi connectivity index (χ1n) is 10.5. The van der Waals surface area contributed by atoms with Crippen molar-refractivity contribution in [3.05, 3.63) is 103 Å². The Kier molecular flexibility index (Phi) is 4.36. The van der Waals surface area contributed by atoms with Crippen LogP contribution in [0.4, 0.5) is 11.5 Å². The predicted octanol–water partition coefficient (Wildman–Crippen LogP) is 6.58. The number of hydrogen-bond acceptors (Lipinski definition) is 4. The van der Waals surface area contributed by atoms with Crippen LogP contribution in [0.2, 0.25) is 0 Å². The maximum Gasteiger partial charge on any atom is 0.162 e. The van der Waals surface area contributed by atoms with E-state index in [0.29, 0.717) is 5.82 Å². The molecule has 5 nitrogen and oxygen atoms in total. The zero-order chi connectivity index (χ0) is 21.3. The first kappa shape index (κ1) is 18.3. The van der Waals surface area contributed by atoms with Gasteiger partial charge in [-0.25, -0.2) is 9.97 Å². The van der Waals surface area contributed by atoms with Gasteiger partial charge in [-0.3, -0.25) is 5.10 Å². The van der Waals surface area contributed by atoms with E-state index in [0.717, 1.165) is 38.9 Å². The first-order chi connectivity index (χ1) is 15.8. The van der Waals surface area contributed by atoms with E-state index in [9.17, 15) is 0 Å². The van der Waals surface area contributed by atoms with Crippen LogP contribution < -0.4 is 5.32 Å². The van der Waals surface area contributed by atoms with E-state index < -0.39 is 0 Å². The van der Waals surface area contributed by atoms with Crippen molar-refractivity contribution in [3.63, 3.8) is 0 Å². The summed E-state index contributed by atoms with van der Waals surface area (Å²) in [6.45, 7) is 0. The van der Waals surface area contributed by atoms with Gasteiger partial charge < -0.3 is 5.32 Å². The topological polar surface area (TPSA) is 66.5 Å². The van der Waals surface area contributed by atoms with Crippen molar-refractivity contribution in [1.29, 1.82) is 0 Å². The minimum Gasteiger partial charge on any atom is -0.340 e. The van der Waals surface area contributed by atoms with Gasteiger partial charge in [-0.05, 0) is 41.5 Å². The van der Waals surface area contributed by atoms with Gasteiger partial charge in [0.25, 0.3) is 0 Å². The molecule has 152 valence electrons. The van der Waals surface area contributed by atoms with Gasteiger partial charge in [0, 0.05) is 22.0 Å². The molecule has 2 aromatic heterocycles. The molecule has 32 heavy (non-hydrogen) atoms. The van der Waals surface area contributed by atoms with Gasteiger partial charge in [-0.2, -0.15) is 5.10 Å². The average Bonchev–Trinajstić information content (AvgIpc) is 3.33. The van der Waals surface area contributed by atoms with Crippen LogP contribution in [0.5, 0.6) is 0 Å². The van der Waals surface area contributed by atoms with Gasteiger partial charge in [0.2, 0.25) is 0 Å². The molecule has 4 aromatic carbocycles. The summed E-state index contributed by atoms with van der Waals surface area (Å²) >= 11 is 0. The second-order valence-corrected chi connectivity index (χ2v) is 7.65. The summed E-state index contributed by atoms with van der Waals surface area (Å²) in [4.78, 5) is 9.72. The lowest BCUT2D eigenvalue weighted by Crippen LogP contribution is -1.99. The molecule has 2 N–H and O–H groups in total. The molecule has 0 aliphatic heterocycles. The monoisotopic (exact) mass is 413 g/mol. The molecule has 0 amide bonds. The summed E-state index contributed by atoms with van der Waals surface area (Å²) in [5, 5.41) is 12.6. The van der Waals surface area contributed by atoms with Crippen molar-refractivity contribution in [2.45, 2.75) is 0 Å². The Morgan fingerprint density at radius 2 is 1.41 bits per heavy atom. The average molecular weight is 413 g/mol. The number of aromatic nitrogens is 4. The van der Waals surface area contributed by atoms with Crippen LogP contribution in [0.25, 0.3) is 44.3 Å². The summed E-state index contributed by atoms with van der Waals surface area (Å²) in [6, 6.07) is 32.9. The molecule has 0 aliphatic carbocycles. The Bertz CT molecular complexity index is 1540. The summed E-state index contributed by atoms with van der Waals surface area (Å²) in [5.41, 5.74) is 6.19. The summed E-state index contributed by atoms with van der Waals surface area (Å²) in [6.07, 6.45) is 1.82. The lowest BCUT2D eigenvalue weighted by Gasteiger charge is -2.12. The van der Waals surface area contributed by atoms with Crippen molar-refractivity contribution >= 4 is 33.3 Å². The number of hydrogen-bond donors (Lipinski definition) is 2. The van der Waals surface area contributed by atoms with Gasteiger partial charge in [0.1, 0.15) is 5.82 Å². The normalized spacial score (nSPS) is 11.1. The van der Waals surface area contributed by atoms with Crippen LogP contribution in [0, 0.1) is 0 Å². The minimum atomic E-state index is 0.690. The SMILES string of the molecule is c1ccc(-c2ccc(-c3nc(Nc4ccc5[nH]ncc5c4)c4ccccc4n3)cc2)cc1. The standard InChI is InChI=1S/C27H19N5/c1-2-6-18(7-3-1)19-10-12-20(13-11-19)26-30-25-9-5-4-8-23(25)27(31-26)29-22-14-15-24-21(16-22)17-28-32-24/h1-17H,(H,28,32)(H,29,30,31). The van der Waals surface area contributed by atoms with Crippen molar-refractivity contribution in [2.75, 3.05) is 5.32 Å². The van der Waals surface area contributed by atoms with Gasteiger partial charge in [0.05, 0.1) is 17.2 Å². The second kappa shape index (κ2) is 7.63. The lowest BCUT2D eigenvalue weighted by atomic mass is 10.0. The Labute approximate surface area is 184 Å². The molecule has 0 bridgehead atoms. The summed E-state index contributed by atoms with van der Waals surface area (Å²) in [7, 11) is 0. The molecule has 0 saturated heterocycles. The number of benzene rings is 4. The van der Waals surface area contributed by atoms with Crippen LogP contribution in [-0.2, 0) is 0 Å². The molecule has 0 fully saturated rings. The van der Waals surface area contributed by atoms with Crippen LogP contribution in [0.3, 0.4) is 0 Å². The number of H-pyrrole nitrogens is 1. The highest BCUT2D eigenvalue weighted by atomic mass is 15.1. The number of para-hydroxylation sites is 1. The van der Waals surface area contributed by atoms with Crippen LogP contribution in [0.15, 0.2) is 103 Å². The van der Waals surface area contributed by atoms with Gasteiger partial charge >= 0.3 is 0 Å². The minimum absolute atomic E-state index is 0.690. The summed E-state index contributed by atoms with van der Waals surface area (Å²) in [5.74, 6) is 1.47. The zero-order valence-corrected chi connectivity index (χ0v) is 17.2. The lowest BCUT2D eigenvalue weighted by molar-refractivity contribution is 1.12. The maximum absolute atomic E-state index is 4.89. The zero-order valence-electron chi connectivity index (χ0n) is 17.2. The van der Waals surface area contributed by atoms with Crippen LogP contribution in [0.1, 0.15) is 0 Å². The van der Waals surface area contributed by atoms with E-state index in [2.05, 4.69) is 70.1 Å².